The number of aromatic nitrogens is 2. The van der Waals surface area contributed by atoms with Gasteiger partial charge in [-0.15, -0.1) is 0 Å². The molecular formula is C16H24N4O3. The van der Waals surface area contributed by atoms with Crippen LogP contribution < -0.4 is 5.73 Å². The highest BCUT2D eigenvalue weighted by molar-refractivity contribution is 5.95. The van der Waals surface area contributed by atoms with Crippen LogP contribution in [0.3, 0.4) is 0 Å². The van der Waals surface area contributed by atoms with Crippen molar-refractivity contribution in [1.29, 1.82) is 0 Å². The molecule has 2 aliphatic rings. The minimum atomic E-state index is -0.257. The van der Waals surface area contributed by atoms with Gasteiger partial charge in [-0.05, 0) is 32.6 Å². The number of anilines is 1. The van der Waals surface area contributed by atoms with Crippen molar-refractivity contribution < 1.29 is 14.3 Å². The van der Waals surface area contributed by atoms with Crippen LogP contribution >= 0.6 is 0 Å². The number of nitrogens with zero attached hydrogens (tertiary/aromatic N) is 3. The molecule has 23 heavy (non-hydrogen) atoms. The summed E-state index contributed by atoms with van der Waals surface area (Å²) in [6.07, 6.45) is 5.21. The molecule has 0 bridgehead atoms. The van der Waals surface area contributed by atoms with Crippen molar-refractivity contribution in [2.45, 2.75) is 50.4 Å². The number of ether oxygens (including phenoxy) is 2. The van der Waals surface area contributed by atoms with Gasteiger partial charge in [-0.2, -0.15) is 0 Å². The SMILES string of the molecule is CO[C@@H]1CC[C@@]2(OC)CCN(C(=O)c3cnc(N)nc3C)[C@H]2C1. The average Bonchev–Trinajstić information content (AvgIpc) is 2.93. The number of amides is 1. The van der Waals surface area contributed by atoms with E-state index in [1.807, 2.05) is 4.90 Å². The van der Waals surface area contributed by atoms with Crippen molar-refractivity contribution in [2.24, 2.45) is 0 Å². The van der Waals surface area contributed by atoms with Crippen LogP contribution in [-0.2, 0) is 9.47 Å². The lowest BCUT2D eigenvalue weighted by atomic mass is 9.79. The second-order valence-electron chi connectivity index (χ2n) is 6.39. The molecule has 1 saturated heterocycles. The van der Waals surface area contributed by atoms with E-state index in [1.54, 1.807) is 21.1 Å². The van der Waals surface area contributed by atoms with Gasteiger partial charge in [-0.3, -0.25) is 4.79 Å². The van der Waals surface area contributed by atoms with Crippen molar-refractivity contribution >= 4 is 11.9 Å². The Bertz CT molecular complexity index is 609. The van der Waals surface area contributed by atoms with Crippen LogP contribution in [0.2, 0.25) is 0 Å². The molecule has 3 rings (SSSR count). The van der Waals surface area contributed by atoms with E-state index in [1.165, 1.54) is 6.20 Å². The van der Waals surface area contributed by atoms with E-state index in [4.69, 9.17) is 15.2 Å². The van der Waals surface area contributed by atoms with Gasteiger partial charge in [0.1, 0.15) is 0 Å². The van der Waals surface area contributed by atoms with Crippen LogP contribution in [0.25, 0.3) is 0 Å². The zero-order valence-corrected chi connectivity index (χ0v) is 13.9. The Balaban J connectivity index is 1.88. The molecule has 1 aromatic rings. The van der Waals surface area contributed by atoms with E-state index in [0.29, 0.717) is 17.8 Å². The molecule has 2 fully saturated rings. The maximum Gasteiger partial charge on any atom is 0.257 e. The number of rotatable bonds is 3. The highest BCUT2D eigenvalue weighted by atomic mass is 16.5. The Morgan fingerprint density at radius 1 is 1.43 bits per heavy atom. The van der Waals surface area contributed by atoms with Crippen LogP contribution in [0.15, 0.2) is 6.20 Å². The minimum Gasteiger partial charge on any atom is -0.381 e. The van der Waals surface area contributed by atoms with Crippen LogP contribution in [0, 0.1) is 6.92 Å². The molecule has 1 saturated carbocycles. The van der Waals surface area contributed by atoms with E-state index in [9.17, 15) is 4.79 Å². The maximum absolute atomic E-state index is 13.0. The number of hydrogen-bond acceptors (Lipinski definition) is 6. The van der Waals surface area contributed by atoms with Crippen molar-refractivity contribution in [3.8, 4) is 0 Å². The average molecular weight is 320 g/mol. The number of aryl methyl sites for hydroxylation is 1. The summed E-state index contributed by atoms with van der Waals surface area (Å²) in [5.41, 5.74) is 6.44. The van der Waals surface area contributed by atoms with Crippen LogP contribution in [0.1, 0.15) is 41.7 Å². The van der Waals surface area contributed by atoms with Gasteiger partial charge in [0.05, 0.1) is 29.0 Å². The third kappa shape index (κ3) is 2.68. The highest BCUT2D eigenvalue weighted by Crippen LogP contribution is 2.43. The number of likely N-dealkylation sites (tertiary alicyclic amines) is 1. The van der Waals surface area contributed by atoms with E-state index in [0.717, 1.165) is 25.7 Å². The molecule has 7 heteroatoms. The van der Waals surface area contributed by atoms with Crippen molar-refractivity contribution in [3.05, 3.63) is 17.5 Å². The first-order valence-electron chi connectivity index (χ1n) is 7.99. The summed E-state index contributed by atoms with van der Waals surface area (Å²) in [5.74, 6) is 0.131. The number of nitrogens with two attached hydrogens (primary N) is 1. The lowest BCUT2D eigenvalue weighted by Gasteiger charge is -2.43. The van der Waals surface area contributed by atoms with E-state index in [-0.39, 0.29) is 29.6 Å². The van der Waals surface area contributed by atoms with E-state index in [2.05, 4.69) is 9.97 Å². The minimum absolute atomic E-state index is 0.0238. The maximum atomic E-state index is 13.0. The standard InChI is InChI=1S/C16H24N4O3/c1-10-12(9-18-15(17)19-10)14(21)20-7-6-16(23-3)5-4-11(22-2)8-13(16)20/h9,11,13H,4-8H2,1-3H3,(H2,17,18,19)/t11-,13+,16-/m1/s1. The molecule has 126 valence electrons. The number of nitrogen functional groups attached to an aromatic ring is 1. The van der Waals surface area contributed by atoms with E-state index >= 15 is 0 Å². The quantitative estimate of drug-likeness (QED) is 0.899. The monoisotopic (exact) mass is 320 g/mol. The van der Waals surface area contributed by atoms with Crippen LogP contribution in [0.4, 0.5) is 5.95 Å². The zero-order valence-electron chi connectivity index (χ0n) is 13.9. The molecule has 2 heterocycles. The van der Waals surface area contributed by atoms with Crippen LogP contribution in [-0.4, -0.2) is 59.3 Å². The molecule has 1 aliphatic heterocycles. The molecule has 7 nitrogen and oxygen atoms in total. The van der Waals surface area contributed by atoms with Gasteiger partial charge in [0.2, 0.25) is 5.95 Å². The smallest absolute Gasteiger partial charge is 0.257 e. The summed E-state index contributed by atoms with van der Waals surface area (Å²) in [6, 6.07) is 0.0238. The van der Waals surface area contributed by atoms with Gasteiger partial charge in [0.25, 0.3) is 5.91 Å². The topological polar surface area (TPSA) is 90.6 Å². The number of hydrogen-bond donors (Lipinski definition) is 1. The number of methoxy groups -OCH3 is 2. The lowest BCUT2D eigenvalue weighted by Crippen LogP contribution is -2.53. The Morgan fingerprint density at radius 3 is 2.87 bits per heavy atom. The molecule has 1 amide bonds. The molecule has 2 N–H and O–H groups in total. The molecule has 1 aliphatic carbocycles. The Morgan fingerprint density at radius 2 is 2.22 bits per heavy atom. The van der Waals surface area contributed by atoms with Crippen molar-refractivity contribution in [1.82, 2.24) is 14.9 Å². The number of carbonyl (C=O) groups excluding carboxylic acids is 1. The zero-order chi connectivity index (χ0) is 16.6. The molecule has 0 spiro atoms. The molecule has 0 radical (unpaired) electrons. The van der Waals surface area contributed by atoms with Gasteiger partial charge in [0.15, 0.2) is 0 Å². The molecule has 0 unspecified atom stereocenters. The third-order valence-corrected chi connectivity index (χ3v) is 5.36. The molecular weight excluding hydrogens is 296 g/mol. The Kier molecular flexibility index (Phi) is 4.25. The fourth-order valence-corrected chi connectivity index (χ4v) is 3.97. The highest BCUT2D eigenvalue weighted by Gasteiger charge is 2.52. The Hall–Kier alpha value is -1.73. The summed E-state index contributed by atoms with van der Waals surface area (Å²) in [6.45, 7) is 2.46. The van der Waals surface area contributed by atoms with Gasteiger partial charge in [0, 0.05) is 27.0 Å². The summed E-state index contributed by atoms with van der Waals surface area (Å²) < 4.78 is 11.4. The first-order valence-corrected chi connectivity index (χ1v) is 7.99. The molecule has 0 aromatic carbocycles. The van der Waals surface area contributed by atoms with Gasteiger partial charge in [-0.25, -0.2) is 9.97 Å². The predicted octanol–water partition coefficient (Wildman–Crippen LogP) is 1.17. The largest absolute Gasteiger partial charge is 0.381 e. The first kappa shape index (κ1) is 16.1. The van der Waals surface area contributed by atoms with Crippen molar-refractivity contribution in [3.63, 3.8) is 0 Å². The van der Waals surface area contributed by atoms with Gasteiger partial charge in [-0.1, -0.05) is 0 Å². The third-order valence-electron chi connectivity index (χ3n) is 5.36. The first-order chi connectivity index (χ1) is 11.0. The molecule has 3 atom stereocenters. The normalized spacial score (nSPS) is 30.3. The summed E-state index contributed by atoms with van der Waals surface area (Å²) in [4.78, 5) is 23.0. The lowest BCUT2D eigenvalue weighted by molar-refractivity contribution is -0.0893. The second-order valence-corrected chi connectivity index (χ2v) is 6.39. The van der Waals surface area contributed by atoms with Crippen molar-refractivity contribution in [2.75, 3.05) is 26.5 Å². The fourth-order valence-electron chi connectivity index (χ4n) is 3.97. The number of fused-ring (bicyclic) bond motifs is 1. The van der Waals surface area contributed by atoms with E-state index < -0.39 is 0 Å². The Labute approximate surface area is 136 Å². The molecule has 1 aromatic heterocycles. The fraction of sp³-hybridized carbons (Fsp3) is 0.688. The second kappa shape index (κ2) is 6.05. The number of carbonyl (C=O) groups is 1. The van der Waals surface area contributed by atoms with Gasteiger partial charge < -0.3 is 20.1 Å². The summed E-state index contributed by atoms with van der Waals surface area (Å²) >= 11 is 0. The predicted molar refractivity (Wildman–Crippen MR) is 85.0 cm³/mol. The van der Waals surface area contributed by atoms with Gasteiger partial charge >= 0.3 is 0 Å². The van der Waals surface area contributed by atoms with Crippen LogP contribution in [0.5, 0.6) is 0 Å². The summed E-state index contributed by atoms with van der Waals surface area (Å²) in [7, 11) is 3.47. The summed E-state index contributed by atoms with van der Waals surface area (Å²) in [5, 5.41) is 0.